The van der Waals surface area contributed by atoms with E-state index in [4.69, 9.17) is 15.3 Å². The zero-order valence-corrected chi connectivity index (χ0v) is 66.6. The van der Waals surface area contributed by atoms with Crippen molar-refractivity contribution in [2.75, 3.05) is 25.1 Å². The quantitative estimate of drug-likeness (QED) is 0.0615. The van der Waals surface area contributed by atoms with Crippen molar-refractivity contribution in [1.82, 2.24) is 83.3 Å². The van der Waals surface area contributed by atoms with Crippen molar-refractivity contribution < 1.29 is 49.8 Å². The smallest absolute Gasteiger partial charge is 0.416 e. The maximum atomic E-state index is 13.5. The van der Waals surface area contributed by atoms with E-state index >= 15 is 0 Å². The highest BCUT2D eigenvalue weighted by atomic mass is 79.9. The molecule has 0 aliphatic heterocycles. The summed E-state index contributed by atoms with van der Waals surface area (Å²) in [6.45, 7) is 9.16. The van der Waals surface area contributed by atoms with Gasteiger partial charge in [0.2, 0.25) is 0 Å². The van der Waals surface area contributed by atoms with Gasteiger partial charge < -0.3 is 30.8 Å². The lowest BCUT2D eigenvalue weighted by atomic mass is 10.2. The molecule has 616 valence electrons. The van der Waals surface area contributed by atoms with Gasteiger partial charge in [0.05, 0.1) is 66.8 Å². The van der Waals surface area contributed by atoms with Gasteiger partial charge in [-0.05, 0) is 216 Å². The molecule has 0 spiro atoms. The summed E-state index contributed by atoms with van der Waals surface area (Å²) in [7, 11) is 3.20. The Morgan fingerprint density at radius 1 is 0.488 bits per heavy atom. The van der Waals surface area contributed by atoms with Crippen LogP contribution in [0.2, 0.25) is 0 Å². The number of pyridine rings is 6. The molecule has 3 atom stereocenters. The number of aryl methyl sites for hydroxylation is 2. The number of hydrogen-bond donors (Lipinski definition) is 4. The van der Waals surface area contributed by atoms with Crippen LogP contribution < -0.4 is 44.2 Å². The number of alkyl halides is 4. The summed E-state index contributed by atoms with van der Waals surface area (Å²) in [6, 6.07) is 44.6. The van der Waals surface area contributed by atoms with E-state index in [9.17, 15) is 64.3 Å². The number of urea groups is 1. The van der Waals surface area contributed by atoms with Gasteiger partial charge >= 0.3 is 23.8 Å². The number of carboxylic acids is 1. The molecule has 0 saturated heterocycles. The third-order valence-electron chi connectivity index (χ3n) is 18.1. The second-order valence-corrected chi connectivity index (χ2v) is 27.4. The van der Waals surface area contributed by atoms with E-state index in [2.05, 4.69) is 81.4 Å². The first-order valence-corrected chi connectivity index (χ1v) is 37.6. The molecule has 16 rings (SSSR count). The van der Waals surface area contributed by atoms with Gasteiger partial charge in [-0.1, -0.05) is 35.8 Å². The van der Waals surface area contributed by atoms with E-state index in [1.54, 1.807) is 136 Å². The number of nitrogen functional groups attached to an aromatic ring is 1. The molecule has 0 aliphatic carbocycles. The minimum Gasteiger partial charge on any atom is -0.478 e. The number of aromatic nitrogens is 15. The zero-order valence-electron chi connectivity index (χ0n) is 65.1. The molecule has 5 N–H and O–H groups in total. The molecule has 0 bridgehead atoms. The topological polar surface area (TPSA) is 368 Å². The molecule has 28 nitrogen and oxygen atoms in total. The molecule has 0 radical (unpaired) electrons. The summed E-state index contributed by atoms with van der Waals surface area (Å²) in [5.41, 5.74) is 6.78. The number of carboxylic acid groups (broad SMARTS) is 1. The van der Waals surface area contributed by atoms with Crippen LogP contribution in [-0.2, 0) is 19.0 Å². The van der Waals surface area contributed by atoms with Crippen molar-refractivity contribution in [2.24, 2.45) is 0 Å². The van der Waals surface area contributed by atoms with E-state index < -0.39 is 41.2 Å². The Morgan fingerprint density at radius 3 is 1.26 bits per heavy atom. The number of rotatable bonds is 13. The van der Waals surface area contributed by atoms with Gasteiger partial charge in [-0.25, -0.2) is 81.8 Å². The second kappa shape index (κ2) is 39.0. The highest BCUT2D eigenvalue weighted by Gasteiger charge is 2.32. The van der Waals surface area contributed by atoms with Crippen molar-refractivity contribution in [1.29, 1.82) is 0 Å². The number of anilines is 2. The molecule has 5 aromatic carbocycles. The molecule has 11 heterocycles. The lowest BCUT2D eigenvalue weighted by Crippen LogP contribution is -2.37. The number of aromatic carboxylic acids is 1. The van der Waals surface area contributed by atoms with E-state index in [-0.39, 0.29) is 84.6 Å². The van der Waals surface area contributed by atoms with Crippen LogP contribution >= 0.6 is 15.9 Å². The SMILES string of the molecule is CC(Br)c1nc2ncccc2c(=O)n1-c1ccc(F)cc1.CC(c1nc2ncccc2c(=O)n1-c1ccc(F)cc1)N(C)C(=O)Nc1cccc(C(F)(F)F)c1.CCc1nc2ncccc2c(=O)n1-c1ccc(F)cc1.CCc1nc2ncccc2c(=O)o1.CNC(C)c1nc2ncccc2c(=O)n1-c1ccc(F)cc1.Nc1ncccc1C(=O)O. The third kappa shape index (κ3) is 20.6. The fraction of sp³-hybridized carbons (Fsp3) is 0.153. The Kier molecular flexibility index (Phi) is 28.0. The maximum absolute atomic E-state index is 13.5. The van der Waals surface area contributed by atoms with Crippen molar-refractivity contribution >= 4 is 94.6 Å². The molecule has 0 saturated carbocycles. The van der Waals surface area contributed by atoms with Gasteiger partial charge in [-0.15, -0.1) is 0 Å². The van der Waals surface area contributed by atoms with Crippen molar-refractivity contribution in [2.45, 2.75) is 70.5 Å². The van der Waals surface area contributed by atoms with Gasteiger partial charge in [0.1, 0.15) is 63.3 Å². The summed E-state index contributed by atoms with van der Waals surface area (Å²) < 4.78 is 102. The van der Waals surface area contributed by atoms with Crippen LogP contribution in [0.3, 0.4) is 0 Å². The number of nitrogens with one attached hydrogen (secondary N) is 2. The summed E-state index contributed by atoms with van der Waals surface area (Å²) in [5, 5.41) is 15.9. The zero-order chi connectivity index (χ0) is 86.9. The van der Waals surface area contributed by atoms with Gasteiger partial charge in [-0.3, -0.25) is 37.4 Å². The number of nitrogens with zero attached hydrogens (tertiary/aromatic N) is 16. The van der Waals surface area contributed by atoms with Crippen molar-refractivity contribution in [3.05, 3.63) is 347 Å². The van der Waals surface area contributed by atoms with Crippen LogP contribution in [0, 0.1) is 23.3 Å². The van der Waals surface area contributed by atoms with Gasteiger partial charge in [0.25, 0.3) is 22.2 Å². The summed E-state index contributed by atoms with van der Waals surface area (Å²) in [6.07, 6.45) is 5.94. The summed E-state index contributed by atoms with van der Waals surface area (Å²) in [4.78, 5) is 133. The van der Waals surface area contributed by atoms with Crippen LogP contribution in [-0.4, -0.2) is 109 Å². The third-order valence-corrected chi connectivity index (χ3v) is 18.5. The van der Waals surface area contributed by atoms with Crippen LogP contribution in [0.15, 0.2) is 260 Å². The van der Waals surface area contributed by atoms with Gasteiger partial charge in [0, 0.05) is 62.8 Å². The standard InChI is InChI=1S/C24H19F4N5O2.C16H15FN4O.C15H11BrFN3O.C15H12FN3O.C9H8N2O2.C6H6N2O2/c1-14(32(2)23(35)30-17-6-3-5-15(13-17)24(26,27)28)21-31-20-19(7-4-12-29-20)22(34)33(21)18-10-8-16(25)9-11-18;1-10(18-2)15-20-14-13(4-3-9-19-14)16(22)21(15)12-7-5-11(17)6-8-12;1-9(16)14-19-13-12(3-2-8-18-13)15(21)20(14)11-6-4-10(17)5-7-11;1-2-13-18-14-12(4-3-9-17-14)15(20)19(13)11-7-5-10(16)6-8-11;1-2-7-11-8-6(9(12)13-7)4-3-5-10-8;7-5-4(6(9)10)2-1-3-8-5/h3-14H,1-2H3,(H,30,35);3-10,18H,1-2H3;2-9H,1H3;3-9H,2H2,1H3;3-5H,2H2,1H3;1-3H,(H2,7,8)(H,9,10). The lowest BCUT2D eigenvalue weighted by molar-refractivity contribution is -0.137. The molecule has 121 heavy (non-hydrogen) atoms. The van der Waals surface area contributed by atoms with Crippen molar-refractivity contribution in [3.8, 4) is 22.7 Å². The largest absolute Gasteiger partial charge is 0.478 e. The number of hydrogen-bond acceptors (Lipinski definition) is 21. The highest BCUT2D eigenvalue weighted by Crippen LogP contribution is 2.32. The van der Waals surface area contributed by atoms with Crippen LogP contribution in [0.1, 0.15) is 96.6 Å². The fourth-order valence-corrected chi connectivity index (χ4v) is 12.1. The first kappa shape index (κ1) is 87.0. The van der Waals surface area contributed by atoms with Crippen LogP contribution in [0.5, 0.6) is 0 Å². The van der Waals surface area contributed by atoms with Gasteiger partial charge in [-0.2, -0.15) is 18.2 Å². The van der Waals surface area contributed by atoms with E-state index in [1.807, 2.05) is 27.7 Å². The first-order chi connectivity index (χ1) is 58.0. The van der Waals surface area contributed by atoms with E-state index in [1.165, 1.54) is 128 Å². The number of halogens is 8. The average Bonchev–Trinajstić information content (AvgIpc) is 0.775. The van der Waals surface area contributed by atoms with E-state index in [0.29, 0.717) is 103 Å². The van der Waals surface area contributed by atoms with Crippen LogP contribution in [0.25, 0.3) is 77.9 Å². The number of amides is 2. The Bertz CT molecular complexity index is 6770. The first-order valence-electron chi connectivity index (χ1n) is 36.7. The van der Waals surface area contributed by atoms with Gasteiger partial charge in [0.15, 0.2) is 34.1 Å². The predicted molar refractivity (Wildman–Crippen MR) is 444 cm³/mol. The second-order valence-electron chi connectivity index (χ2n) is 26.0. The summed E-state index contributed by atoms with van der Waals surface area (Å²) in [5.74, 6) is -0.312. The minimum atomic E-state index is -4.56. The lowest BCUT2D eigenvalue weighted by Gasteiger charge is -2.27. The van der Waals surface area contributed by atoms with E-state index in [0.717, 1.165) is 12.1 Å². The fourth-order valence-electron chi connectivity index (χ4n) is 11.8. The number of carbonyl (C=O) groups is 2. The molecule has 3 unspecified atom stereocenters. The van der Waals surface area contributed by atoms with Crippen molar-refractivity contribution in [3.63, 3.8) is 0 Å². The normalized spacial score (nSPS) is 11.7. The Labute approximate surface area is 689 Å². The molecular weight excluding hydrogens is 1640 g/mol. The maximum Gasteiger partial charge on any atom is 0.416 e. The molecule has 0 fully saturated rings. The molecule has 0 aliphatic rings. The Morgan fingerprint density at radius 2 is 0.860 bits per heavy atom. The minimum absolute atomic E-state index is 0.0440. The number of benzene rings is 5. The number of fused-ring (bicyclic) bond motifs is 5. The number of nitrogens with two attached hydrogens (primary N) is 1. The predicted octanol–water partition coefficient (Wildman–Crippen LogP) is 14.7. The molecule has 11 aromatic heterocycles. The Hall–Kier alpha value is -14.8. The summed E-state index contributed by atoms with van der Waals surface area (Å²) >= 11 is 3.44. The Balaban J connectivity index is 0.000000148. The molecule has 16 aromatic rings. The number of carbonyl (C=O) groups excluding carboxylic acids is 1. The monoisotopic (exact) mass is 1710 g/mol. The molecule has 2 amide bonds. The molecule has 36 heteroatoms. The highest BCUT2D eigenvalue weighted by molar-refractivity contribution is 9.09. The van der Waals surface area contributed by atoms with Crippen LogP contribution in [0.4, 0.5) is 47.0 Å². The average molecular weight is 1720 g/mol. The molecular formula is C85H71BrF7N19O9.